The van der Waals surface area contributed by atoms with Gasteiger partial charge >= 0.3 is 0 Å². The van der Waals surface area contributed by atoms with Gasteiger partial charge in [0.1, 0.15) is 0 Å². The molecular weight excluding hydrogens is 677 g/mol. The minimum Gasteiger partial charge on any atom is -0.354 e. The lowest BCUT2D eigenvalue weighted by molar-refractivity contribution is -0.121. The number of unbranched alkanes of at least 4 members (excludes halogenated alkanes) is 1. The predicted octanol–water partition coefficient (Wildman–Crippen LogP) is 10.9. The van der Waals surface area contributed by atoms with Gasteiger partial charge in [0.25, 0.3) is 0 Å². The van der Waals surface area contributed by atoms with Crippen LogP contribution in [0.2, 0.25) is 0 Å². The second kappa shape index (κ2) is 39.7. The fraction of sp³-hybridized carbons (Fsp3) is 0.510. The molecule has 1 unspecified atom stereocenters. The van der Waals surface area contributed by atoms with E-state index in [2.05, 4.69) is 168 Å². The summed E-state index contributed by atoms with van der Waals surface area (Å²) in [7, 11) is 0. The maximum atomic E-state index is 12.6. The largest absolute Gasteiger partial charge is 0.354 e. The molecule has 0 spiro atoms. The number of nitrogens with zero attached hydrogens (tertiary/aromatic N) is 1. The topological polar surface area (TPSA) is 73.5 Å². The van der Waals surface area contributed by atoms with Crippen molar-refractivity contribution >= 4 is 11.8 Å². The Kier molecular flexibility index (Phi) is 35.4. The number of nitrogens with one attached hydrogen (secondary N) is 3. The molecule has 6 heteroatoms. The third kappa shape index (κ3) is 34.2. The molecule has 0 aromatic rings. The summed E-state index contributed by atoms with van der Waals surface area (Å²) < 4.78 is 0. The molecule has 1 rings (SSSR count). The van der Waals surface area contributed by atoms with Gasteiger partial charge in [-0.15, -0.1) is 0 Å². The van der Waals surface area contributed by atoms with E-state index in [1.165, 1.54) is 0 Å². The summed E-state index contributed by atoms with van der Waals surface area (Å²) >= 11 is 0. The molecule has 55 heavy (non-hydrogen) atoms. The summed E-state index contributed by atoms with van der Waals surface area (Å²) in [6, 6.07) is 0.0897. The molecular formula is C49H76N4O2. The van der Waals surface area contributed by atoms with Crippen LogP contribution in [0.5, 0.6) is 0 Å². The van der Waals surface area contributed by atoms with Gasteiger partial charge in [-0.05, 0) is 89.9 Å². The average molecular weight is 753 g/mol. The van der Waals surface area contributed by atoms with E-state index in [1.54, 1.807) is 0 Å². The Morgan fingerprint density at radius 3 is 1.18 bits per heavy atom. The number of piperazine rings is 1. The average Bonchev–Trinajstić information content (AvgIpc) is 3.20. The Labute approximate surface area is 336 Å². The molecule has 304 valence electrons. The van der Waals surface area contributed by atoms with Crippen molar-refractivity contribution in [1.82, 2.24) is 20.9 Å². The highest BCUT2D eigenvalue weighted by molar-refractivity contribution is 5.76. The lowest BCUT2D eigenvalue weighted by Gasteiger charge is -2.35. The third-order valence-electron chi connectivity index (χ3n) is 8.80. The van der Waals surface area contributed by atoms with E-state index in [0.29, 0.717) is 25.9 Å². The Hall–Kier alpha value is -4.00. The minimum absolute atomic E-state index is 0.0584. The number of amides is 2. The molecule has 2 amide bonds. The van der Waals surface area contributed by atoms with Crippen LogP contribution < -0.4 is 16.0 Å². The van der Waals surface area contributed by atoms with Gasteiger partial charge in [-0.3, -0.25) is 14.5 Å². The van der Waals surface area contributed by atoms with Crippen LogP contribution >= 0.6 is 0 Å². The van der Waals surface area contributed by atoms with E-state index in [1.807, 2.05) is 0 Å². The number of allylic oxidation sites excluding steroid dienone is 22. The lowest BCUT2D eigenvalue weighted by Crippen LogP contribution is -2.55. The summed E-state index contributed by atoms with van der Waals surface area (Å²) in [4.78, 5) is 27.6. The Balaban J connectivity index is 2.19. The van der Waals surface area contributed by atoms with E-state index in [9.17, 15) is 9.59 Å². The lowest BCUT2D eigenvalue weighted by atomic mass is 10.1. The van der Waals surface area contributed by atoms with Gasteiger partial charge in [-0.1, -0.05) is 148 Å². The first kappa shape index (κ1) is 49.0. The normalized spacial score (nSPS) is 15.6. The summed E-state index contributed by atoms with van der Waals surface area (Å²) in [6.07, 6.45) is 62.6. The highest BCUT2D eigenvalue weighted by Gasteiger charge is 2.21. The molecule has 1 atom stereocenters. The minimum atomic E-state index is 0.0584. The van der Waals surface area contributed by atoms with Crippen molar-refractivity contribution in [2.75, 3.05) is 39.3 Å². The first-order valence-corrected chi connectivity index (χ1v) is 21.3. The Morgan fingerprint density at radius 2 is 0.800 bits per heavy atom. The van der Waals surface area contributed by atoms with Crippen molar-refractivity contribution < 1.29 is 9.59 Å². The highest BCUT2D eigenvalue weighted by atomic mass is 16.2. The van der Waals surface area contributed by atoms with Crippen molar-refractivity contribution in [2.24, 2.45) is 0 Å². The van der Waals surface area contributed by atoms with Crippen LogP contribution in [-0.2, 0) is 9.59 Å². The van der Waals surface area contributed by atoms with Gasteiger partial charge in [-0.2, -0.15) is 0 Å². The van der Waals surface area contributed by atoms with Gasteiger partial charge in [-0.25, -0.2) is 0 Å². The van der Waals surface area contributed by atoms with Gasteiger partial charge < -0.3 is 16.0 Å². The Bertz CT molecular complexity index is 1270. The van der Waals surface area contributed by atoms with E-state index >= 15 is 0 Å². The quantitative estimate of drug-likeness (QED) is 0.0473. The molecule has 1 saturated heterocycles. The molecule has 0 aromatic heterocycles. The fourth-order valence-electron chi connectivity index (χ4n) is 5.62. The SMILES string of the molecule is CC/C=C\C/C=C\C/C=C\C/C=C\C/C=C\C/C=C\CCC(=O)NCC(CNC(=O)CCC/C=C\C/C=C\C/C=C\C/C=C\C/C=C\CC)N1CCNCC1. The van der Waals surface area contributed by atoms with E-state index in [0.717, 1.165) is 116 Å². The van der Waals surface area contributed by atoms with Crippen LogP contribution in [0.3, 0.4) is 0 Å². The van der Waals surface area contributed by atoms with Crippen LogP contribution in [-0.4, -0.2) is 62.0 Å². The second-order valence-electron chi connectivity index (χ2n) is 13.6. The van der Waals surface area contributed by atoms with Crippen LogP contribution in [0.4, 0.5) is 0 Å². The molecule has 0 radical (unpaired) electrons. The molecule has 3 N–H and O–H groups in total. The van der Waals surface area contributed by atoms with Gasteiger partial charge in [0.2, 0.25) is 11.8 Å². The standard InChI is InChI=1S/C49H76N4O2/c1-3-5-7-9-11-13-15-17-19-21-22-24-26-28-30-32-34-36-38-40-49(55)52-46-47(53-43-41-50-42-44-53)45-51-48(54)39-37-35-33-31-29-27-25-23-20-18-16-14-12-10-8-6-4-2/h5-8,11-14,17-20,22,24-25,27-28,30-31,33-34,36,47,50H,3-4,9-10,15-16,21,23,26,29,32,35,37-46H2,1-2H3,(H,51,54)(H,52,55)/b7-5-,8-6-,13-11-,14-12-,19-17-,20-18-,24-22-,27-25-,30-28-,33-31-,36-34-. The van der Waals surface area contributed by atoms with Gasteiger partial charge in [0, 0.05) is 58.2 Å². The molecule has 1 aliphatic heterocycles. The first-order valence-electron chi connectivity index (χ1n) is 21.3. The van der Waals surface area contributed by atoms with Crippen molar-refractivity contribution in [3.63, 3.8) is 0 Å². The summed E-state index contributed by atoms with van der Waals surface area (Å²) in [5.41, 5.74) is 0. The maximum Gasteiger partial charge on any atom is 0.220 e. The molecule has 6 nitrogen and oxygen atoms in total. The monoisotopic (exact) mass is 753 g/mol. The number of rotatable bonds is 32. The third-order valence-corrected chi connectivity index (χ3v) is 8.80. The van der Waals surface area contributed by atoms with E-state index < -0.39 is 0 Å². The second-order valence-corrected chi connectivity index (χ2v) is 13.6. The summed E-state index contributed by atoms with van der Waals surface area (Å²) in [5.74, 6) is 0.138. The van der Waals surface area contributed by atoms with Crippen molar-refractivity contribution in [3.05, 3.63) is 134 Å². The highest BCUT2D eigenvalue weighted by Crippen LogP contribution is 2.04. The predicted molar refractivity (Wildman–Crippen MR) is 240 cm³/mol. The van der Waals surface area contributed by atoms with Crippen LogP contribution in [0.25, 0.3) is 0 Å². The molecule has 0 aliphatic carbocycles. The van der Waals surface area contributed by atoms with Crippen molar-refractivity contribution in [1.29, 1.82) is 0 Å². The van der Waals surface area contributed by atoms with Crippen LogP contribution in [0.15, 0.2) is 134 Å². The summed E-state index contributed by atoms with van der Waals surface area (Å²) in [5, 5.41) is 9.66. The number of hydrogen-bond donors (Lipinski definition) is 3. The molecule has 1 heterocycles. The number of carbonyl (C=O) groups is 2. The molecule has 0 saturated carbocycles. The van der Waals surface area contributed by atoms with Gasteiger partial charge in [0.05, 0.1) is 0 Å². The van der Waals surface area contributed by atoms with Crippen LogP contribution in [0, 0.1) is 0 Å². The maximum absolute atomic E-state index is 12.6. The first-order chi connectivity index (χ1) is 27.2. The van der Waals surface area contributed by atoms with Crippen molar-refractivity contribution in [2.45, 2.75) is 123 Å². The van der Waals surface area contributed by atoms with Crippen molar-refractivity contribution in [3.8, 4) is 0 Å². The Morgan fingerprint density at radius 1 is 0.473 bits per heavy atom. The van der Waals surface area contributed by atoms with E-state index in [-0.39, 0.29) is 17.9 Å². The zero-order chi connectivity index (χ0) is 39.5. The zero-order valence-corrected chi connectivity index (χ0v) is 34.6. The number of carbonyl (C=O) groups excluding carboxylic acids is 2. The molecule has 1 fully saturated rings. The van der Waals surface area contributed by atoms with Gasteiger partial charge in [0.15, 0.2) is 0 Å². The zero-order valence-electron chi connectivity index (χ0n) is 34.6. The molecule has 0 aromatic carbocycles. The summed E-state index contributed by atoms with van der Waals surface area (Å²) in [6.45, 7) is 9.09. The molecule has 1 aliphatic rings. The fourth-order valence-corrected chi connectivity index (χ4v) is 5.62. The van der Waals surface area contributed by atoms with Crippen LogP contribution in [0.1, 0.15) is 117 Å². The van der Waals surface area contributed by atoms with E-state index in [4.69, 9.17) is 0 Å². The number of hydrogen-bond acceptors (Lipinski definition) is 4. The molecule has 0 bridgehead atoms. The smallest absolute Gasteiger partial charge is 0.220 e.